The summed E-state index contributed by atoms with van der Waals surface area (Å²) in [5.74, 6) is 0.294. The van der Waals surface area contributed by atoms with Crippen LogP contribution in [0.2, 0.25) is 0 Å². The number of piperazine rings is 1. The minimum absolute atomic E-state index is 0.0789. The molecule has 26 heavy (non-hydrogen) atoms. The number of hydrogen-bond acceptors (Lipinski definition) is 4. The minimum atomic E-state index is -3.54. The molecule has 1 atom stereocenters. The molecule has 0 aliphatic carbocycles. The smallest absolute Gasteiger partial charge is 0.253 e. The fourth-order valence-electron chi connectivity index (χ4n) is 3.75. The molecule has 0 bridgehead atoms. The maximum atomic E-state index is 13.0. The maximum Gasteiger partial charge on any atom is 0.253 e. The van der Waals surface area contributed by atoms with Gasteiger partial charge in [0.05, 0.1) is 4.90 Å². The van der Waals surface area contributed by atoms with Crippen molar-refractivity contribution in [2.24, 2.45) is 5.92 Å². The van der Waals surface area contributed by atoms with Crippen molar-refractivity contribution in [1.29, 1.82) is 0 Å². The zero-order valence-corrected chi connectivity index (χ0v) is 16.5. The van der Waals surface area contributed by atoms with Gasteiger partial charge >= 0.3 is 0 Å². The normalized spacial score (nSPS) is 23.2. The van der Waals surface area contributed by atoms with Gasteiger partial charge < -0.3 is 9.80 Å². The minimum Gasteiger partial charge on any atom is -0.336 e. The van der Waals surface area contributed by atoms with Gasteiger partial charge in [-0.3, -0.25) is 4.79 Å². The third-order valence-corrected chi connectivity index (χ3v) is 7.31. The van der Waals surface area contributed by atoms with E-state index in [4.69, 9.17) is 0 Å². The molecule has 2 heterocycles. The van der Waals surface area contributed by atoms with Gasteiger partial charge in [-0.25, -0.2) is 8.42 Å². The standard InChI is InChI=1S/C19H29N3O3S/c1-3-20-10-12-21(13-11-20)19(23)17-7-4-8-18(14-17)26(24,25)22-9-5-6-16(2)15-22/h4,7-8,14,16H,3,5-6,9-13,15H2,1-2H3. The molecule has 0 saturated carbocycles. The molecule has 1 aromatic rings. The van der Waals surface area contributed by atoms with Crippen molar-refractivity contribution in [3.63, 3.8) is 0 Å². The van der Waals surface area contributed by atoms with Crippen LogP contribution < -0.4 is 0 Å². The summed E-state index contributed by atoms with van der Waals surface area (Å²) in [6.45, 7) is 9.41. The average molecular weight is 380 g/mol. The van der Waals surface area contributed by atoms with Crippen molar-refractivity contribution in [3.8, 4) is 0 Å². The van der Waals surface area contributed by atoms with Gasteiger partial charge in [-0.2, -0.15) is 4.31 Å². The van der Waals surface area contributed by atoms with Gasteiger partial charge in [-0.05, 0) is 43.5 Å². The zero-order chi connectivity index (χ0) is 18.7. The number of likely N-dealkylation sites (N-methyl/N-ethyl adjacent to an activating group) is 1. The van der Waals surface area contributed by atoms with E-state index in [-0.39, 0.29) is 10.8 Å². The first kappa shape index (κ1) is 19.3. The van der Waals surface area contributed by atoms with E-state index in [1.54, 1.807) is 28.6 Å². The Morgan fingerprint density at radius 1 is 1.15 bits per heavy atom. The van der Waals surface area contributed by atoms with E-state index in [0.29, 0.717) is 37.7 Å². The third kappa shape index (κ3) is 4.10. The van der Waals surface area contributed by atoms with Crippen molar-refractivity contribution < 1.29 is 13.2 Å². The lowest BCUT2D eigenvalue weighted by molar-refractivity contribution is 0.0643. The highest BCUT2D eigenvalue weighted by Crippen LogP contribution is 2.24. The summed E-state index contributed by atoms with van der Waals surface area (Å²) < 4.78 is 27.5. The van der Waals surface area contributed by atoms with Crippen LogP contribution in [0.3, 0.4) is 0 Å². The van der Waals surface area contributed by atoms with Gasteiger partial charge in [-0.15, -0.1) is 0 Å². The zero-order valence-electron chi connectivity index (χ0n) is 15.7. The van der Waals surface area contributed by atoms with Gasteiger partial charge in [-0.1, -0.05) is 19.9 Å². The molecule has 2 aliphatic rings. The van der Waals surface area contributed by atoms with Crippen LogP contribution >= 0.6 is 0 Å². The number of carbonyl (C=O) groups excluding carboxylic acids is 1. The quantitative estimate of drug-likeness (QED) is 0.801. The fraction of sp³-hybridized carbons (Fsp3) is 0.632. The molecule has 0 N–H and O–H groups in total. The van der Waals surface area contributed by atoms with E-state index >= 15 is 0 Å². The van der Waals surface area contributed by atoms with Crippen LogP contribution in [0.4, 0.5) is 0 Å². The van der Waals surface area contributed by atoms with E-state index < -0.39 is 10.0 Å². The molecule has 0 aromatic heterocycles. The van der Waals surface area contributed by atoms with Crippen LogP contribution in [-0.2, 0) is 10.0 Å². The number of benzene rings is 1. The summed E-state index contributed by atoms with van der Waals surface area (Å²) in [4.78, 5) is 17.2. The average Bonchev–Trinajstić information content (AvgIpc) is 2.67. The molecule has 2 aliphatic heterocycles. The number of carbonyl (C=O) groups is 1. The second-order valence-corrected chi connectivity index (χ2v) is 9.30. The van der Waals surface area contributed by atoms with Crippen molar-refractivity contribution >= 4 is 15.9 Å². The van der Waals surface area contributed by atoms with E-state index in [9.17, 15) is 13.2 Å². The van der Waals surface area contributed by atoms with E-state index in [1.807, 2.05) is 4.90 Å². The van der Waals surface area contributed by atoms with Crippen LogP contribution in [0.15, 0.2) is 29.2 Å². The molecule has 0 radical (unpaired) electrons. The highest BCUT2D eigenvalue weighted by Gasteiger charge is 2.29. The summed E-state index contributed by atoms with van der Waals surface area (Å²) in [5, 5.41) is 0. The second kappa shape index (κ2) is 8.06. The van der Waals surface area contributed by atoms with Crippen LogP contribution in [0.25, 0.3) is 0 Å². The Labute approximate surface area is 156 Å². The SMILES string of the molecule is CCN1CCN(C(=O)c2cccc(S(=O)(=O)N3CCCC(C)C3)c2)CC1. The molecule has 0 spiro atoms. The summed E-state index contributed by atoms with van der Waals surface area (Å²) in [7, 11) is -3.54. The van der Waals surface area contributed by atoms with E-state index in [1.165, 1.54) is 0 Å². The van der Waals surface area contributed by atoms with Crippen LogP contribution in [0.1, 0.15) is 37.0 Å². The Hall–Kier alpha value is -1.44. The highest BCUT2D eigenvalue weighted by atomic mass is 32.2. The monoisotopic (exact) mass is 379 g/mol. The van der Waals surface area contributed by atoms with Gasteiger partial charge in [0.15, 0.2) is 0 Å². The van der Waals surface area contributed by atoms with Gasteiger partial charge in [0.25, 0.3) is 5.91 Å². The lowest BCUT2D eigenvalue weighted by atomic mass is 10.0. The number of piperidine rings is 1. The molecule has 1 aromatic carbocycles. The van der Waals surface area contributed by atoms with Crippen LogP contribution in [0.5, 0.6) is 0 Å². The number of rotatable bonds is 4. The number of hydrogen-bond donors (Lipinski definition) is 0. The van der Waals surface area contributed by atoms with E-state index in [0.717, 1.165) is 32.5 Å². The van der Waals surface area contributed by atoms with Gasteiger partial charge in [0.1, 0.15) is 0 Å². The predicted molar refractivity (Wildman–Crippen MR) is 102 cm³/mol. The first-order valence-corrected chi connectivity index (χ1v) is 11.0. The van der Waals surface area contributed by atoms with Crippen molar-refractivity contribution in [1.82, 2.24) is 14.1 Å². The molecule has 3 rings (SSSR count). The lowest BCUT2D eigenvalue weighted by Gasteiger charge is -2.34. The molecule has 7 heteroatoms. The third-order valence-electron chi connectivity index (χ3n) is 5.45. The molecule has 1 unspecified atom stereocenters. The molecule has 144 valence electrons. The van der Waals surface area contributed by atoms with Gasteiger partial charge in [0, 0.05) is 44.8 Å². The second-order valence-electron chi connectivity index (χ2n) is 7.36. The highest BCUT2D eigenvalue weighted by molar-refractivity contribution is 7.89. The van der Waals surface area contributed by atoms with Gasteiger partial charge in [0.2, 0.25) is 10.0 Å². The fourth-order valence-corrected chi connectivity index (χ4v) is 5.40. The summed E-state index contributed by atoms with van der Waals surface area (Å²) in [6, 6.07) is 6.53. The Morgan fingerprint density at radius 2 is 1.88 bits per heavy atom. The van der Waals surface area contributed by atoms with Crippen LogP contribution in [0, 0.1) is 5.92 Å². The largest absolute Gasteiger partial charge is 0.336 e. The predicted octanol–water partition coefficient (Wildman–Crippen LogP) is 1.88. The molecule has 2 fully saturated rings. The Bertz CT molecular complexity index is 742. The molecular formula is C19H29N3O3S. The van der Waals surface area contributed by atoms with Crippen LogP contribution in [-0.4, -0.2) is 74.2 Å². The Kier molecular flexibility index (Phi) is 5.99. The molecule has 1 amide bonds. The molecular weight excluding hydrogens is 350 g/mol. The molecule has 2 saturated heterocycles. The number of nitrogens with zero attached hydrogens (tertiary/aromatic N) is 3. The van der Waals surface area contributed by atoms with Crippen molar-refractivity contribution in [2.75, 3.05) is 45.8 Å². The number of amides is 1. The maximum absolute atomic E-state index is 13.0. The summed E-state index contributed by atoms with van der Waals surface area (Å²) in [5.41, 5.74) is 0.459. The van der Waals surface area contributed by atoms with E-state index in [2.05, 4.69) is 18.7 Å². The summed E-state index contributed by atoms with van der Waals surface area (Å²) >= 11 is 0. The summed E-state index contributed by atoms with van der Waals surface area (Å²) in [6.07, 6.45) is 1.95. The Morgan fingerprint density at radius 3 is 2.54 bits per heavy atom. The van der Waals surface area contributed by atoms with Crippen molar-refractivity contribution in [3.05, 3.63) is 29.8 Å². The Balaban J connectivity index is 1.76. The van der Waals surface area contributed by atoms with Crippen molar-refractivity contribution in [2.45, 2.75) is 31.6 Å². The number of sulfonamides is 1. The first-order valence-electron chi connectivity index (χ1n) is 9.53. The first-order chi connectivity index (χ1) is 12.4. The lowest BCUT2D eigenvalue weighted by Crippen LogP contribution is -2.48. The molecule has 6 nitrogen and oxygen atoms in total. The topological polar surface area (TPSA) is 60.9 Å².